The molecule has 0 saturated heterocycles. The zero-order valence-corrected chi connectivity index (χ0v) is 16.0. The molecule has 144 valence electrons. The average molecular weight is 370 g/mol. The number of esters is 1. The van der Waals surface area contributed by atoms with Crippen LogP contribution in [0.25, 0.3) is 10.9 Å². The number of fused-ring (bicyclic) bond motifs is 3. The third-order valence-corrected chi connectivity index (χ3v) is 7.01. The van der Waals surface area contributed by atoms with Crippen molar-refractivity contribution in [3.05, 3.63) is 45.1 Å². The van der Waals surface area contributed by atoms with E-state index in [9.17, 15) is 14.4 Å². The molecule has 6 heteroatoms. The molecule has 3 aliphatic rings. The van der Waals surface area contributed by atoms with Crippen molar-refractivity contribution >= 4 is 16.9 Å². The van der Waals surface area contributed by atoms with Gasteiger partial charge in [0.25, 0.3) is 5.56 Å². The van der Waals surface area contributed by atoms with Crippen LogP contribution in [-0.4, -0.2) is 21.6 Å². The number of ether oxygens (including phenoxy) is 1. The minimum absolute atomic E-state index is 0.0293. The van der Waals surface area contributed by atoms with Gasteiger partial charge in [-0.3, -0.25) is 19.1 Å². The summed E-state index contributed by atoms with van der Waals surface area (Å²) in [5.41, 5.74) is -0.0225. The van der Waals surface area contributed by atoms with Gasteiger partial charge in [0.05, 0.1) is 17.3 Å². The number of aromatic amines is 1. The molecule has 6 nitrogen and oxygen atoms in total. The summed E-state index contributed by atoms with van der Waals surface area (Å²) in [6.45, 7) is 7.00. The lowest BCUT2D eigenvalue weighted by Gasteiger charge is -2.61. The van der Waals surface area contributed by atoms with Crippen LogP contribution in [0.5, 0.6) is 0 Å². The average Bonchev–Trinajstić information content (AvgIpc) is 2.62. The Labute approximate surface area is 157 Å². The highest BCUT2D eigenvalue weighted by Gasteiger charge is 2.57. The standard InChI is InChI=1S/C21H26N2O4/c1-12-15-10-13(21(15,2)3)11-17(12)27-18(24)8-9-23-16-7-5-4-6-14(16)19(25)22-20(23)26/h4-7,12-13,15,17H,8-11H2,1-3H3,(H,22,25,26). The topological polar surface area (TPSA) is 81.2 Å². The largest absolute Gasteiger partial charge is 0.462 e. The zero-order chi connectivity index (χ0) is 19.3. The summed E-state index contributed by atoms with van der Waals surface area (Å²) in [5.74, 6) is 1.32. The Morgan fingerprint density at radius 1 is 1.26 bits per heavy atom. The SMILES string of the molecule is CC1C(OC(=O)CCn2c(=O)[nH]c(=O)c3ccccc32)CC2CC1C2(C)C. The third kappa shape index (κ3) is 2.91. The normalized spacial score (nSPS) is 28.6. The van der Waals surface area contributed by atoms with Crippen LogP contribution in [0.3, 0.4) is 0 Å². The minimum Gasteiger partial charge on any atom is -0.462 e. The number of hydrogen-bond acceptors (Lipinski definition) is 4. The second-order valence-corrected chi connectivity index (χ2v) is 8.66. The van der Waals surface area contributed by atoms with E-state index in [4.69, 9.17) is 4.74 Å². The predicted molar refractivity (Wildman–Crippen MR) is 102 cm³/mol. The van der Waals surface area contributed by atoms with Crippen LogP contribution < -0.4 is 11.2 Å². The van der Waals surface area contributed by atoms with Crippen LogP contribution in [0.4, 0.5) is 0 Å². The number of carbonyl (C=O) groups is 1. The molecule has 2 bridgehead atoms. The van der Waals surface area contributed by atoms with Gasteiger partial charge in [-0.2, -0.15) is 0 Å². The van der Waals surface area contributed by atoms with Gasteiger partial charge in [0.2, 0.25) is 0 Å². The highest BCUT2D eigenvalue weighted by atomic mass is 16.5. The molecule has 27 heavy (non-hydrogen) atoms. The van der Waals surface area contributed by atoms with E-state index in [0.717, 1.165) is 6.42 Å². The Hall–Kier alpha value is -2.37. The van der Waals surface area contributed by atoms with Gasteiger partial charge in [0.15, 0.2) is 0 Å². The lowest BCUT2D eigenvalue weighted by molar-refractivity contribution is -0.186. The van der Waals surface area contributed by atoms with Gasteiger partial charge >= 0.3 is 11.7 Å². The fraction of sp³-hybridized carbons (Fsp3) is 0.571. The number of rotatable bonds is 4. The van der Waals surface area contributed by atoms with Crippen LogP contribution >= 0.6 is 0 Å². The molecule has 1 N–H and O–H groups in total. The summed E-state index contributed by atoms with van der Waals surface area (Å²) in [6.07, 6.45) is 2.25. The van der Waals surface area contributed by atoms with E-state index in [1.165, 1.54) is 11.0 Å². The van der Waals surface area contributed by atoms with Crippen LogP contribution in [0, 0.1) is 23.2 Å². The lowest BCUT2D eigenvalue weighted by Crippen LogP contribution is -2.57. The highest BCUT2D eigenvalue weighted by molar-refractivity contribution is 5.78. The molecule has 4 unspecified atom stereocenters. The summed E-state index contributed by atoms with van der Waals surface area (Å²) in [4.78, 5) is 38.8. The molecular formula is C21H26N2O4. The molecule has 3 fully saturated rings. The number of aromatic nitrogens is 2. The first-order chi connectivity index (χ1) is 12.8. The van der Waals surface area contributed by atoms with Crippen LogP contribution in [-0.2, 0) is 16.1 Å². The Morgan fingerprint density at radius 3 is 2.70 bits per heavy atom. The van der Waals surface area contributed by atoms with E-state index in [1.54, 1.807) is 24.3 Å². The highest BCUT2D eigenvalue weighted by Crippen LogP contribution is 2.61. The van der Waals surface area contributed by atoms with E-state index in [2.05, 4.69) is 25.8 Å². The second-order valence-electron chi connectivity index (χ2n) is 8.66. The van der Waals surface area contributed by atoms with Crippen LogP contribution in [0.2, 0.25) is 0 Å². The van der Waals surface area contributed by atoms with Gasteiger partial charge in [-0.1, -0.05) is 32.9 Å². The third-order valence-electron chi connectivity index (χ3n) is 7.01. The molecule has 3 saturated carbocycles. The maximum atomic E-state index is 12.4. The molecular weight excluding hydrogens is 344 g/mol. The monoisotopic (exact) mass is 370 g/mol. The second kappa shape index (κ2) is 6.36. The molecule has 0 amide bonds. The molecule has 3 aliphatic carbocycles. The summed E-state index contributed by atoms with van der Waals surface area (Å²) in [7, 11) is 0. The number of carbonyl (C=O) groups excluding carboxylic acids is 1. The van der Waals surface area contributed by atoms with Crippen molar-refractivity contribution in [3.63, 3.8) is 0 Å². The maximum Gasteiger partial charge on any atom is 0.328 e. The zero-order valence-electron chi connectivity index (χ0n) is 16.0. The van der Waals surface area contributed by atoms with Gasteiger partial charge in [-0.25, -0.2) is 4.79 Å². The van der Waals surface area contributed by atoms with Crippen molar-refractivity contribution in [2.24, 2.45) is 23.2 Å². The Kier molecular flexibility index (Phi) is 4.24. The molecule has 0 aliphatic heterocycles. The molecule has 1 heterocycles. The molecule has 1 aromatic heterocycles. The summed E-state index contributed by atoms with van der Waals surface area (Å²) >= 11 is 0. The smallest absolute Gasteiger partial charge is 0.328 e. The summed E-state index contributed by atoms with van der Waals surface area (Å²) in [5, 5.41) is 0.439. The van der Waals surface area contributed by atoms with Gasteiger partial charge in [0, 0.05) is 6.54 Å². The molecule has 2 aromatic rings. The first kappa shape index (κ1) is 18.0. The summed E-state index contributed by atoms with van der Waals surface area (Å²) in [6, 6.07) is 6.90. The van der Waals surface area contributed by atoms with Gasteiger partial charge in [-0.05, 0) is 48.1 Å². The minimum atomic E-state index is -0.500. The van der Waals surface area contributed by atoms with Crippen molar-refractivity contribution in [1.82, 2.24) is 9.55 Å². The van der Waals surface area contributed by atoms with Crippen molar-refractivity contribution in [2.45, 2.75) is 52.7 Å². The van der Waals surface area contributed by atoms with Crippen molar-refractivity contribution in [2.75, 3.05) is 0 Å². The first-order valence-corrected chi connectivity index (χ1v) is 9.70. The van der Waals surface area contributed by atoms with E-state index in [1.807, 2.05) is 0 Å². The maximum absolute atomic E-state index is 12.4. The summed E-state index contributed by atoms with van der Waals surface area (Å²) < 4.78 is 7.20. The molecule has 0 spiro atoms. The van der Waals surface area contributed by atoms with E-state index in [-0.39, 0.29) is 25.0 Å². The number of aryl methyl sites for hydroxylation is 1. The Balaban J connectivity index is 1.44. The molecule has 1 aromatic carbocycles. The van der Waals surface area contributed by atoms with Gasteiger partial charge in [-0.15, -0.1) is 0 Å². The fourth-order valence-electron chi connectivity index (χ4n) is 5.15. The van der Waals surface area contributed by atoms with Crippen molar-refractivity contribution < 1.29 is 9.53 Å². The molecule has 5 rings (SSSR count). The van der Waals surface area contributed by atoms with Crippen LogP contribution in [0.15, 0.2) is 33.9 Å². The van der Waals surface area contributed by atoms with Gasteiger partial charge in [0.1, 0.15) is 6.10 Å². The predicted octanol–water partition coefficient (Wildman–Crippen LogP) is 2.69. The molecule has 4 atom stereocenters. The van der Waals surface area contributed by atoms with E-state index < -0.39 is 11.2 Å². The van der Waals surface area contributed by atoms with E-state index >= 15 is 0 Å². The number of nitrogens with zero attached hydrogens (tertiary/aromatic N) is 1. The number of para-hydroxylation sites is 1. The quantitative estimate of drug-likeness (QED) is 0.839. The van der Waals surface area contributed by atoms with E-state index in [0.29, 0.717) is 34.1 Å². The van der Waals surface area contributed by atoms with Gasteiger partial charge < -0.3 is 4.74 Å². The van der Waals surface area contributed by atoms with Crippen LogP contribution in [0.1, 0.15) is 40.0 Å². The number of hydrogen-bond donors (Lipinski definition) is 1. The lowest BCUT2D eigenvalue weighted by atomic mass is 9.45. The number of nitrogens with one attached hydrogen (secondary N) is 1. The van der Waals surface area contributed by atoms with Crippen molar-refractivity contribution in [3.8, 4) is 0 Å². The fourth-order valence-corrected chi connectivity index (χ4v) is 5.15. The van der Waals surface area contributed by atoms with Crippen molar-refractivity contribution in [1.29, 1.82) is 0 Å². The Morgan fingerprint density at radius 2 is 2.00 bits per heavy atom. The first-order valence-electron chi connectivity index (χ1n) is 9.70. The number of H-pyrrole nitrogens is 1. The number of benzene rings is 1. The Bertz CT molecular complexity index is 1000. The molecule has 0 radical (unpaired) electrons.